The predicted octanol–water partition coefficient (Wildman–Crippen LogP) is 2.33. The molecule has 0 bridgehead atoms. The molecule has 25 heavy (non-hydrogen) atoms. The molecule has 0 saturated heterocycles. The van der Waals surface area contributed by atoms with Gasteiger partial charge in [0.05, 0.1) is 12.8 Å². The van der Waals surface area contributed by atoms with Crippen LogP contribution in [-0.4, -0.2) is 31.5 Å². The Morgan fingerprint density at radius 3 is 2.44 bits per heavy atom. The molecule has 6 nitrogen and oxygen atoms in total. The predicted molar refractivity (Wildman–Crippen MR) is 99.7 cm³/mol. The van der Waals surface area contributed by atoms with E-state index in [9.17, 15) is 4.79 Å². The van der Waals surface area contributed by atoms with Crippen molar-refractivity contribution in [3.63, 3.8) is 0 Å². The number of benzene rings is 1. The lowest BCUT2D eigenvalue weighted by Crippen LogP contribution is -2.38. The molecule has 0 atom stereocenters. The molecule has 1 aromatic carbocycles. The molecule has 0 aliphatic heterocycles. The summed E-state index contributed by atoms with van der Waals surface area (Å²) in [7, 11) is 0. The minimum atomic E-state index is -0.0505. The van der Waals surface area contributed by atoms with Crippen LogP contribution in [0.15, 0.2) is 52.1 Å². The maximum atomic E-state index is 11.8. The topological polar surface area (TPSA) is 78.7 Å². The van der Waals surface area contributed by atoms with Crippen LogP contribution in [0.1, 0.15) is 35.5 Å². The van der Waals surface area contributed by atoms with Gasteiger partial charge in [-0.15, -0.1) is 0 Å². The summed E-state index contributed by atoms with van der Waals surface area (Å²) in [6.45, 7) is 6.65. The van der Waals surface area contributed by atoms with E-state index in [2.05, 4.69) is 20.9 Å². The first-order chi connectivity index (χ1) is 12.2. The lowest BCUT2D eigenvalue weighted by Gasteiger charge is -2.10. The second-order valence-electron chi connectivity index (χ2n) is 5.51. The van der Waals surface area contributed by atoms with Crippen LogP contribution in [0.3, 0.4) is 0 Å². The van der Waals surface area contributed by atoms with Crippen molar-refractivity contribution in [3.05, 3.63) is 59.5 Å². The van der Waals surface area contributed by atoms with Gasteiger partial charge in [0.2, 0.25) is 0 Å². The number of nitrogens with zero attached hydrogens (tertiary/aromatic N) is 1. The van der Waals surface area contributed by atoms with Crippen LogP contribution in [0.4, 0.5) is 0 Å². The molecular weight excluding hydrogens is 316 g/mol. The molecule has 0 spiro atoms. The Kier molecular flexibility index (Phi) is 7.56. The van der Waals surface area contributed by atoms with Gasteiger partial charge in [0.15, 0.2) is 5.96 Å². The van der Waals surface area contributed by atoms with Crippen LogP contribution < -0.4 is 16.0 Å². The van der Waals surface area contributed by atoms with E-state index in [0.29, 0.717) is 18.7 Å². The molecule has 1 amide bonds. The molecule has 1 aromatic heterocycles. The van der Waals surface area contributed by atoms with Crippen molar-refractivity contribution < 1.29 is 9.21 Å². The number of aliphatic imine (C=N–C) groups is 1. The fraction of sp³-hybridized carbons (Fsp3) is 0.368. The van der Waals surface area contributed by atoms with Crippen molar-refractivity contribution in [3.8, 4) is 0 Å². The smallest absolute Gasteiger partial charge is 0.251 e. The molecule has 1 heterocycles. The lowest BCUT2D eigenvalue weighted by atomic mass is 10.1. The molecule has 0 fully saturated rings. The van der Waals surface area contributed by atoms with Gasteiger partial charge in [0.1, 0.15) is 5.76 Å². The number of hydrogen-bond donors (Lipinski definition) is 3. The van der Waals surface area contributed by atoms with E-state index in [1.54, 1.807) is 6.26 Å². The van der Waals surface area contributed by atoms with Crippen molar-refractivity contribution in [1.82, 2.24) is 16.0 Å². The number of amides is 1. The molecule has 2 rings (SSSR count). The van der Waals surface area contributed by atoms with Gasteiger partial charge < -0.3 is 20.4 Å². The quantitative estimate of drug-likeness (QED) is 0.508. The van der Waals surface area contributed by atoms with Gasteiger partial charge in [-0.2, -0.15) is 0 Å². The zero-order valence-corrected chi connectivity index (χ0v) is 14.8. The van der Waals surface area contributed by atoms with Gasteiger partial charge >= 0.3 is 0 Å². The van der Waals surface area contributed by atoms with Crippen LogP contribution in [0.5, 0.6) is 0 Å². The summed E-state index contributed by atoms with van der Waals surface area (Å²) < 4.78 is 5.32. The monoisotopic (exact) mass is 342 g/mol. The minimum Gasteiger partial charge on any atom is -0.469 e. The van der Waals surface area contributed by atoms with Gasteiger partial charge in [-0.3, -0.25) is 4.79 Å². The van der Waals surface area contributed by atoms with Gasteiger partial charge in [0, 0.05) is 31.6 Å². The fourth-order valence-electron chi connectivity index (χ4n) is 2.30. The Balaban J connectivity index is 1.87. The van der Waals surface area contributed by atoms with Crippen molar-refractivity contribution in [2.75, 3.05) is 19.6 Å². The van der Waals surface area contributed by atoms with Crippen molar-refractivity contribution in [2.45, 2.75) is 26.8 Å². The number of hydrogen-bond acceptors (Lipinski definition) is 3. The van der Waals surface area contributed by atoms with Crippen LogP contribution in [0, 0.1) is 0 Å². The number of carbonyl (C=O) groups is 1. The van der Waals surface area contributed by atoms with Gasteiger partial charge in [-0.05, 0) is 43.7 Å². The van der Waals surface area contributed by atoms with Crippen molar-refractivity contribution in [1.29, 1.82) is 0 Å². The van der Waals surface area contributed by atoms with Crippen LogP contribution in [0.25, 0.3) is 0 Å². The third kappa shape index (κ3) is 6.33. The van der Waals surface area contributed by atoms with Crippen LogP contribution in [-0.2, 0) is 13.0 Å². The van der Waals surface area contributed by atoms with Crippen LogP contribution in [0.2, 0.25) is 0 Å². The highest BCUT2D eigenvalue weighted by atomic mass is 16.3. The Hall–Kier alpha value is -2.76. The van der Waals surface area contributed by atoms with E-state index in [1.807, 2.05) is 50.2 Å². The summed E-state index contributed by atoms with van der Waals surface area (Å²) >= 11 is 0. The van der Waals surface area contributed by atoms with E-state index in [-0.39, 0.29) is 5.91 Å². The molecule has 2 aromatic rings. The standard InChI is InChI=1S/C19H26N4O2/c1-3-20-18(24)16-9-7-15(8-10-16)14-23-19(21-4-2)22-12-11-17-6-5-13-25-17/h5-10,13H,3-4,11-12,14H2,1-2H3,(H,20,24)(H2,21,22,23). The summed E-state index contributed by atoms with van der Waals surface area (Å²) in [5, 5.41) is 9.30. The molecule has 0 radical (unpaired) electrons. The molecule has 0 aliphatic rings. The van der Waals surface area contributed by atoms with Gasteiger partial charge in [-0.1, -0.05) is 12.1 Å². The molecule has 134 valence electrons. The van der Waals surface area contributed by atoms with Gasteiger partial charge in [0.25, 0.3) is 5.91 Å². The summed E-state index contributed by atoms with van der Waals surface area (Å²) in [6.07, 6.45) is 2.48. The fourth-order valence-corrected chi connectivity index (χ4v) is 2.30. The number of rotatable bonds is 8. The zero-order valence-electron chi connectivity index (χ0n) is 14.8. The van der Waals surface area contributed by atoms with Crippen molar-refractivity contribution in [2.24, 2.45) is 4.99 Å². The molecule has 0 saturated carbocycles. The second-order valence-corrected chi connectivity index (χ2v) is 5.51. The van der Waals surface area contributed by atoms with E-state index in [0.717, 1.165) is 36.8 Å². The first-order valence-corrected chi connectivity index (χ1v) is 8.64. The largest absolute Gasteiger partial charge is 0.469 e. The Labute approximate surface area is 148 Å². The van der Waals surface area contributed by atoms with E-state index < -0.39 is 0 Å². The maximum absolute atomic E-state index is 11.8. The second kappa shape index (κ2) is 10.2. The molecule has 6 heteroatoms. The average Bonchev–Trinajstić information content (AvgIpc) is 3.14. The summed E-state index contributed by atoms with van der Waals surface area (Å²) in [5.74, 6) is 1.66. The van der Waals surface area contributed by atoms with Crippen molar-refractivity contribution >= 4 is 11.9 Å². The Morgan fingerprint density at radius 2 is 1.80 bits per heavy atom. The number of nitrogens with one attached hydrogen (secondary N) is 3. The summed E-state index contributed by atoms with van der Waals surface area (Å²) in [5.41, 5.74) is 1.72. The van der Waals surface area contributed by atoms with E-state index in [4.69, 9.17) is 4.42 Å². The molecule has 0 aliphatic carbocycles. The van der Waals surface area contributed by atoms with Gasteiger partial charge in [-0.25, -0.2) is 4.99 Å². The Bertz CT molecular complexity index is 663. The lowest BCUT2D eigenvalue weighted by molar-refractivity contribution is 0.0956. The van der Waals surface area contributed by atoms with E-state index >= 15 is 0 Å². The number of guanidine groups is 1. The molecule has 0 unspecified atom stereocenters. The molecule has 3 N–H and O–H groups in total. The average molecular weight is 342 g/mol. The first-order valence-electron chi connectivity index (χ1n) is 8.64. The number of carbonyl (C=O) groups excluding carboxylic acids is 1. The normalized spacial score (nSPS) is 11.2. The summed E-state index contributed by atoms with van der Waals surface area (Å²) in [6, 6.07) is 11.4. The maximum Gasteiger partial charge on any atom is 0.251 e. The zero-order chi connectivity index (χ0) is 17.9. The summed E-state index contributed by atoms with van der Waals surface area (Å²) in [4.78, 5) is 16.3. The third-order valence-corrected chi connectivity index (χ3v) is 3.56. The number of furan rings is 1. The highest BCUT2D eigenvalue weighted by molar-refractivity contribution is 5.94. The van der Waals surface area contributed by atoms with Crippen LogP contribution >= 0.6 is 0 Å². The molecular formula is C19H26N4O2. The Morgan fingerprint density at radius 1 is 1.04 bits per heavy atom. The SMILES string of the molecule is CCNC(=O)c1ccc(CN=C(NCC)NCCc2ccco2)cc1. The first kappa shape index (κ1) is 18.6. The highest BCUT2D eigenvalue weighted by Crippen LogP contribution is 2.06. The highest BCUT2D eigenvalue weighted by Gasteiger charge is 2.04. The third-order valence-electron chi connectivity index (χ3n) is 3.56. The van der Waals surface area contributed by atoms with E-state index in [1.165, 1.54) is 0 Å². The minimum absolute atomic E-state index is 0.0505.